The van der Waals surface area contributed by atoms with Crippen LogP contribution in [0.1, 0.15) is 26.3 Å². The molecule has 0 aromatic heterocycles. The van der Waals surface area contributed by atoms with E-state index in [-0.39, 0.29) is 9.91 Å². The van der Waals surface area contributed by atoms with Gasteiger partial charge in [-0.2, -0.15) is 5.26 Å². The first kappa shape index (κ1) is 17.9. The van der Waals surface area contributed by atoms with Gasteiger partial charge in [0.2, 0.25) is 0 Å². The van der Waals surface area contributed by atoms with Crippen LogP contribution in [0.5, 0.6) is 11.5 Å². The average Bonchev–Trinajstić information content (AvgIpc) is 2.97. The Labute approximate surface area is 158 Å². The van der Waals surface area contributed by atoms with E-state index in [9.17, 15) is 5.26 Å². The molecule has 1 aliphatic carbocycles. The van der Waals surface area contributed by atoms with Crippen LogP contribution in [0.2, 0.25) is 0 Å². The lowest BCUT2D eigenvalue weighted by Crippen LogP contribution is -2.12. The van der Waals surface area contributed by atoms with Crippen molar-refractivity contribution in [3.8, 4) is 17.6 Å². The summed E-state index contributed by atoms with van der Waals surface area (Å²) in [7, 11) is 0. The Kier molecular flexibility index (Phi) is 4.35. The molecule has 2 aromatic rings. The van der Waals surface area contributed by atoms with Crippen molar-refractivity contribution < 1.29 is 4.74 Å². The van der Waals surface area contributed by atoms with Crippen molar-refractivity contribution in [1.29, 1.82) is 5.26 Å². The van der Waals surface area contributed by atoms with E-state index in [1.165, 1.54) is 0 Å². The van der Waals surface area contributed by atoms with E-state index in [0.29, 0.717) is 0 Å². The van der Waals surface area contributed by atoms with Gasteiger partial charge < -0.3 is 4.74 Å². The number of hydrogen-bond donors (Lipinski definition) is 0. The lowest BCUT2D eigenvalue weighted by molar-refractivity contribution is 0.477. The van der Waals surface area contributed by atoms with Crippen LogP contribution in [0.4, 0.5) is 0 Å². The summed E-state index contributed by atoms with van der Waals surface area (Å²) in [6.45, 7) is 6.20. The number of allylic oxidation sites excluding steroid dienone is 1. The predicted molar refractivity (Wildman–Crippen MR) is 102 cm³/mol. The highest BCUT2D eigenvalue weighted by molar-refractivity contribution is 6.56. The molecule has 1 saturated carbocycles. The number of halogens is 2. The third-order valence-corrected chi connectivity index (χ3v) is 6.07. The molecule has 2 atom stereocenters. The largest absolute Gasteiger partial charge is 0.457 e. The molecule has 0 unspecified atom stereocenters. The second kappa shape index (κ2) is 6.09. The molecule has 0 N–H and O–H groups in total. The van der Waals surface area contributed by atoms with Gasteiger partial charge in [0.15, 0.2) is 0 Å². The molecule has 0 spiro atoms. The zero-order valence-electron chi connectivity index (χ0n) is 14.4. The van der Waals surface area contributed by atoms with Crippen molar-refractivity contribution in [2.45, 2.75) is 26.2 Å². The second-order valence-corrected chi connectivity index (χ2v) is 8.05. The lowest BCUT2D eigenvalue weighted by Gasteiger charge is -2.17. The van der Waals surface area contributed by atoms with Crippen LogP contribution in [0.3, 0.4) is 0 Å². The highest BCUT2D eigenvalue weighted by Gasteiger charge is 2.80. The number of benzene rings is 2. The zero-order chi connectivity index (χ0) is 18.3. The summed E-state index contributed by atoms with van der Waals surface area (Å²) in [5, 5.41) is 9.90. The standard InChI is InChI=1S/C21H19Cl2NO/c1-19(2)20(3,21(19,14-24)13-18(22)23)15-8-7-11-17(12-15)25-16-9-5-4-6-10-16/h4-13H,1-3H3/t20-,21-/m1/s1. The van der Waals surface area contributed by atoms with Gasteiger partial charge in [0.05, 0.1) is 11.5 Å². The number of nitrogens with zero attached hydrogens (tertiary/aromatic N) is 1. The van der Waals surface area contributed by atoms with Gasteiger partial charge in [-0.25, -0.2) is 0 Å². The Balaban J connectivity index is 2.01. The van der Waals surface area contributed by atoms with Gasteiger partial charge in [0, 0.05) is 5.41 Å². The number of rotatable bonds is 4. The van der Waals surface area contributed by atoms with Crippen LogP contribution >= 0.6 is 23.2 Å². The molecule has 0 amide bonds. The Morgan fingerprint density at radius 1 is 1.00 bits per heavy atom. The molecule has 0 radical (unpaired) electrons. The summed E-state index contributed by atoms with van der Waals surface area (Å²) >= 11 is 11.8. The van der Waals surface area contributed by atoms with Gasteiger partial charge in [0.1, 0.15) is 16.0 Å². The van der Waals surface area contributed by atoms with Crippen molar-refractivity contribution in [2.75, 3.05) is 0 Å². The summed E-state index contributed by atoms with van der Waals surface area (Å²) in [6, 6.07) is 19.9. The van der Waals surface area contributed by atoms with E-state index in [1.807, 2.05) is 54.6 Å². The molecule has 0 heterocycles. The Morgan fingerprint density at radius 2 is 1.64 bits per heavy atom. The van der Waals surface area contributed by atoms with Crippen LogP contribution in [-0.2, 0) is 5.41 Å². The van der Waals surface area contributed by atoms with Crippen molar-refractivity contribution in [1.82, 2.24) is 0 Å². The van der Waals surface area contributed by atoms with E-state index in [1.54, 1.807) is 6.08 Å². The lowest BCUT2D eigenvalue weighted by atomic mass is 9.87. The maximum Gasteiger partial charge on any atom is 0.127 e. The highest BCUT2D eigenvalue weighted by Crippen LogP contribution is 2.79. The predicted octanol–water partition coefficient (Wildman–Crippen LogP) is 6.61. The molecule has 0 saturated heterocycles. The molecule has 2 nitrogen and oxygen atoms in total. The van der Waals surface area contributed by atoms with E-state index in [2.05, 4.69) is 26.8 Å². The number of nitriles is 1. The third kappa shape index (κ3) is 2.54. The van der Waals surface area contributed by atoms with Crippen molar-refractivity contribution in [2.24, 2.45) is 10.8 Å². The van der Waals surface area contributed by atoms with Crippen molar-refractivity contribution >= 4 is 23.2 Å². The van der Waals surface area contributed by atoms with Crippen molar-refractivity contribution in [3.63, 3.8) is 0 Å². The second-order valence-electron chi connectivity index (χ2n) is 7.05. The van der Waals surface area contributed by atoms with Gasteiger partial charge in [-0.15, -0.1) is 0 Å². The molecule has 1 fully saturated rings. The number of hydrogen-bond acceptors (Lipinski definition) is 2. The maximum absolute atomic E-state index is 9.90. The van der Waals surface area contributed by atoms with Crippen LogP contribution < -0.4 is 4.74 Å². The average molecular weight is 372 g/mol. The minimum atomic E-state index is -0.760. The topological polar surface area (TPSA) is 33.0 Å². The summed E-state index contributed by atoms with van der Waals surface area (Å²) in [5.74, 6) is 1.51. The molecule has 25 heavy (non-hydrogen) atoms. The first-order chi connectivity index (χ1) is 11.8. The zero-order valence-corrected chi connectivity index (χ0v) is 15.9. The quantitative estimate of drug-likeness (QED) is 0.605. The first-order valence-corrected chi connectivity index (χ1v) is 8.83. The molecule has 4 heteroatoms. The van der Waals surface area contributed by atoms with E-state index in [4.69, 9.17) is 27.9 Å². The van der Waals surface area contributed by atoms with Crippen molar-refractivity contribution in [3.05, 3.63) is 70.7 Å². The van der Waals surface area contributed by atoms with Crippen LogP contribution in [-0.4, -0.2) is 0 Å². The fraction of sp³-hybridized carbons (Fsp3) is 0.286. The maximum atomic E-state index is 9.90. The Bertz CT molecular complexity index is 865. The molecule has 128 valence electrons. The fourth-order valence-corrected chi connectivity index (χ4v) is 4.32. The van der Waals surface area contributed by atoms with Gasteiger partial charge >= 0.3 is 0 Å². The normalized spacial score (nSPS) is 26.4. The van der Waals surface area contributed by atoms with Gasteiger partial charge in [0.25, 0.3) is 0 Å². The van der Waals surface area contributed by atoms with Gasteiger partial charge in [-0.3, -0.25) is 0 Å². The summed E-state index contributed by atoms with van der Waals surface area (Å²) in [4.78, 5) is 0. The van der Waals surface area contributed by atoms with Crippen LogP contribution in [0.15, 0.2) is 65.2 Å². The molecular formula is C21H19Cl2NO. The fourth-order valence-electron chi connectivity index (χ4n) is 3.99. The van der Waals surface area contributed by atoms with Gasteiger partial charge in [-0.1, -0.05) is 74.3 Å². The SMILES string of the molecule is CC1(C)[C@](C#N)(C=C(Cl)Cl)[C@]1(C)c1cccc(Oc2ccccc2)c1. The molecule has 0 bridgehead atoms. The van der Waals surface area contributed by atoms with E-state index in [0.717, 1.165) is 17.1 Å². The minimum absolute atomic E-state index is 0.120. The van der Waals surface area contributed by atoms with E-state index >= 15 is 0 Å². The highest BCUT2D eigenvalue weighted by atomic mass is 35.5. The molecule has 1 aliphatic rings. The number of para-hydroxylation sites is 1. The van der Waals surface area contributed by atoms with E-state index < -0.39 is 10.8 Å². The summed E-state index contributed by atoms with van der Waals surface area (Å²) in [5.41, 5.74) is -0.461. The van der Waals surface area contributed by atoms with Gasteiger partial charge in [-0.05, 0) is 41.3 Å². The summed E-state index contributed by atoms with van der Waals surface area (Å²) < 4.78 is 6.06. The smallest absolute Gasteiger partial charge is 0.127 e. The first-order valence-electron chi connectivity index (χ1n) is 8.07. The van der Waals surface area contributed by atoms with Crippen LogP contribution in [0.25, 0.3) is 0 Å². The molecule has 0 aliphatic heterocycles. The molecular weight excluding hydrogens is 353 g/mol. The summed E-state index contributed by atoms with van der Waals surface area (Å²) in [6.07, 6.45) is 1.67. The minimum Gasteiger partial charge on any atom is -0.457 e. The number of ether oxygens (including phenoxy) is 1. The Morgan fingerprint density at radius 3 is 2.24 bits per heavy atom. The molecule has 3 rings (SSSR count). The monoisotopic (exact) mass is 371 g/mol. The Hall–Kier alpha value is -1.95. The molecule has 2 aromatic carbocycles. The third-order valence-electron chi connectivity index (χ3n) is 5.85. The van der Waals surface area contributed by atoms with Crippen LogP contribution in [0, 0.1) is 22.2 Å².